The minimum atomic E-state index is -0.933. The monoisotopic (exact) mass is 387 g/mol. The number of hydrogen-bond donors (Lipinski definition) is 2. The minimum Gasteiger partial charge on any atom is -0.389 e. The van der Waals surface area contributed by atoms with Gasteiger partial charge in [0.2, 0.25) is 11.2 Å². The van der Waals surface area contributed by atoms with Gasteiger partial charge in [-0.2, -0.15) is 10.1 Å². The third-order valence-electron chi connectivity index (χ3n) is 3.97. The highest BCUT2D eigenvalue weighted by Crippen LogP contribution is 2.28. The first kappa shape index (κ1) is 19.3. The van der Waals surface area contributed by atoms with Crippen LogP contribution in [-0.2, 0) is 17.8 Å². The van der Waals surface area contributed by atoms with Crippen LogP contribution in [0.1, 0.15) is 26.3 Å². The molecule has 0 bridgehead atoms. The van der Waals surface area contributed by atoms with Crippen LogP contribution in [0.4, 0.5) is 0 Å². The normalized spacial score (nSPS) is 11.7. The molecule has 2 heterocycles. The topological polar surface area (TPSA) is 92.9 Å². The van der Waals surface area contributed by atoms with E-state index in [9.17, 15) is 9.90 Å². The second kappa shape index (κ2) is 7.62. The molecule has 0 aliphatic carbocycles. The van der Waals surface area contributed by atoms with Gasteiger partial charge in [0, 0.05) is 12.1 Å². The smallest absolute Gasteiger partial charge is 0.225 e. The van der Waals surface area contributed by atoms with Crippen molar-refractivity contribution in [2.75, 3.05) is 6.54 Å². The highest BCUT2D eigenvalue weighted by Gasteiger charge is 2.19. The number of fused-ring (bicyclic) bond motifs is 1. The van der Waals surface area contributed by atoms with Gasteiger partial charge in [-0.3, -0.25) is 4.79 Å². The van der Waals surface area contributed by atoms with Crippen molar-refractivity contribution < 1.29 is 9.90 Å². The molecule has 0 unspecified atom stereocenters. The number of amides is 1. The molecule has 2 aromatic heterocycles. The first-order chi connectivity index (χ1) is 12.8. The number of halogens is 1. The number of likely N-dealkylation sites (N-methyl/N-ethyl adjacent to an activating group) is 1. The first-order valence-corrected chi connectivity index (χ1v) is 9.12. The van der Waals surface area contributed by atoms with E-state index in [1.807, 2.05) is 31.2 Å². The summed E-state index contributed by atoms with van der Waals surface area (Å²) in [6, 6.07) is 7.60. The SMILES string of the molecule is CCNC(=O)Cc1ccc(-c2nc(Cl)nc3c2cnn3CC(C)(C)O)cc1. The summed E-state index contributed by atoms with van der Waals surface area (Å²) in [6.07, 6.45) is 2.01. The van der Waals surface area contributed by atoms with E-state index in [4.69, 9.17) is 11.6 Å². The lowest BCUT2D eigenvalue weighted by molar-refractivity contribution is -0.120. The number of carbonyl (C=O) groups is 1. The Morgan fingerprint density at radius 2 is 1.96 bits per heavy atom. The van der Waals surface area contributed by atoms with E-state index in [2.05, 4.69) is 20.4 Å². The van der Waals surface area contributed by atoms with Crippen molar-refractivity contribution in [3.8, 4) is 11.3 Å². The lowest BCUT2D eigenvalue weighted by Crippen LogP contribution is -2.26. The van der Waals surface area contributed by atoms with Gasteiger partial charge in [0.1, 0.15) is 0 Å². The summed E-state index contributed by atoms with van der Waals surface area (Å²) < 4.78 is 1.62. The lowest BCUT2D eigenvalue weighted by atomic mass is 10.0. The summed E-state index contributed by atoms with van der Waals surface area (Å²) in [7, 11) is 0. The zero-order valence-electron chi connectivity index (χ0n) is 15.5. The van der Waals surface area contributed by atoms with E-state index in [0.29, 0.717) is 24.3 Å². The predicted octanol–water partition coefficient (Wildman–Crippen LogP) is 2.60. The van der Waals surface area contributed by atoms with Crippen LogP contribution in [0.25, 0.3) is 22.3 Å². The number of rotatable bonds is 6. The summed E-state index contributed by atoms with van der Waals surface area (Å²) in [5, 5.41) is 18.1. The van der Waals surface area contributed by atoms with Crippen LogP contribution in [0.15, 0.2) is 30.5 Å². The van der Waals surface area contributed by atoms with Crippen molar-refractivity contribution in [2.45, 2.75) is 39.3 Å². The molecule has 0 aliphatic heterocycles. The van der Waals surface area contributed by atoms with E-state index < -0.39 is 5.60 Å². The Kier molecular flexibility index (Phi) is 5.43. The third kappa shape index (κ3) is 4.61. The number of carbonyl (C=O) groups excluding carboxylic acids is 1. The molecule has 0 radical (unpaired) electrons. The van der Waals surface area contributed by atoms with Gasteiger partial charge in [-0.25, -0.2) is 9.67 Å². The zero-order chi connectivity index (χ0) is 19.6. The van der Waals surface area contributed by atoms with E-state index in [1.54, 1.807) is 24.7 Å². The van der Waals surface area contributed by atoms with Crippen LogP contribution in [0.2, 0.25) is 5.28 Å². The van der Waals surface area contributed by atoms with Crippen molar-refractivity contribution >= 4 is 28.5 Å². The largest absolute Gasteiger partial charge is 0.389 e. The lowest BCUT2D eigenvalue weighted by Gasteiger charge is -2.17. The Bertz CT molecular complexity index is 961. The van der Waals surface area contributed by atoms with Gasteiger partial charge >= 0.3 is 0 Å². The molecular weight excluding hydrogens is 366 g/mol. The van der Waals surface area contributed by atoms with E-state index in [-0.39, 0.29) is 17.7 Å². The molecule has 7 nitrogen and oxygen atoms in total. The fourth-order valence-corrected chi connectivity index (χ4v) is 3.02. The van der Waals surface area contributed by atoms with Gasteiger partial charge in [0.25, 0.3) is 0 Å². The number of nitrogens with one attached hydrogen (secondary N) is 1. The van der Waals surface area contributed by atoms with E-state index in [0.717, 1.165) is 16.5 Å². The molecule has 27 heavy (non-hydrogen) atoms. The average Bonchev–Trinajstić information content (AvgIpc) is 2.96. The molecule has 8 heteroatoms. The Morgan fingerprint density at radius 3 is 2.59 bits per heavy atom. The van der Waals surface area contributed by atoms with Crippen molar-refractivity contribution in [1.29, 1.82) is 0 Å². The number of aliphatic hydroxyl groups is 1. The second-order valence-electron chi connectivity index (χ2n) is 7.02. The average molecular weight is 388 g/mol. The fourth-order valence-electron chi connectivity index (χ4n) is 2.86. The van der Waals surface area contributed by atoms with Crippen LogP contribution in [0, 0.1) is 0 Å². The zero-order valence-corrected chi connectivity index (χ0v) is 16.3. The van der Waals surface area contributed by atoms with Gasteiger partial charge in [0.15, 0.2) is 5.65 Å². The Hall–Kier alpha value is -2.51. The molecule has 1 amide bonds. The molecule has 0 spiro atoms. The Morgan fingerprint density at radius 1 is 1.26 bits per heavy atom. The summed E-state index contributed by atoms with van der Waals surface area (Å²) in [4.78, 5) is 20.4. The first-order valence-electron chi connectivity index (χ1n) is 8.74. The minimum absolute atomic E-state index is 0.00869. The molecule has 0 fully saturated rings. The standard InChI is InChI=1S/C19H22ClN5O2/c1-4-21-15(26)9-12-5-7-13(8-6-12)16-14-10-22-25(11-19(2,3)27)17(14)24-18(20)23-16/h5-8,10,27H,4,9,11H2,1-3H3,(H,21,26). The molecule has 3 rings (SSSR count). The second-order valence-corrected chi connectivity index (χ2v) is 7.36. The van der Waals surface area contributed by atoms with Crippen LogP contribution >= 0.6 is 11.6 Å². The maximum atomic E-state index is 11.7. The van der Waals surface area contributed by atoms with Gasteiger partial charge in [-0.15, -0.1) is 0 Å². The molecule has 3 aromatic rings. The summed E-state index contributed by atoms with van der Waals surface area (Å²) in [6.45, 7) is 6.20. The number of hydrogen-bond acceptors (Lipinski definition) is 5. The molecule has 0 atom stereocenters. The van der Waals surface area contributed by atoms with E-state index >= 15 is 0 Å². The van der Waals surface area contributed by atoms with Crippen molar-refractivity contribution in [3.05, 3.63) is 41.3 Å². The molecular formula is C19H22ClN5O2. The maximum absolute atomic E-state index is 11.7. The predicted molar refractivity (Wildman–Crippen MR) is 104 cm³/mol. The molecule has 2 N–H and O–H groups in total. The highest BCUT2D eigenvalue weighted by molar-refractivity contribution is 6.28. The van der Waals surface area contributed by atoms with Crippen LogP contribution in [0.3, 0.4) is 0 Å². The van der Waals surface area contributed by atoms with Crippen molar-refractivity contribution in [3.63, 3.8) is 0 Å². The van der Waals surface area contributed by atoms with Gasteiger partial charge < -0.3 is 10.4 Å². The molecule has 1 aromatic carbocycles. The molecule has 0 saturated heterocycles. The van der Waals surface area contributed by atoms with Crippen LogP contribution in [-0.4, -0.2) is 42.9 Å². The Balaban J connectivity index is 1.96. The van der Waals surface area contributed by atoms with Crippen LogP contribution < -0.4 is 5.32 Å². The quantitative estimate of drug-likeness (QED) is 0.634. The molecule has 142 valence electrons. The van der Waals surface area contributed by atoms with Gasteiger partial charge in [-0.1, -0.05) is 24.3 Å². The van der Waals surface area contributed by atoms with Crippen LogP contribution in [0.5, 0.6) is 0 Å². The van der Waals surface area contributed by atoms with Crippen molar-refractivity contribution in [1.82, 2.24) is 25.1 Å². The maximum Gasteiger partial charge on any atom is 0.225 e. The van der Waals surface area contributed by atoms with Crippen molar-refractivity contribution in [2.24, 2.45) is 0 Å². The molecule has 0 saturated carbocycles. The molecule has 0 aliphatic rings. The highest BCUT2D eigenvalue weighted by atomic mass is 35.5. The summed E-state index contributed by atoms with van der Waals surface area (Å²) >= 11 is 6.13. The number of aromatic nitrogens is 4. The summed E-state index contributed by atoms with van der Waals surface area (Å²) in [5.41, 5.74) is 2.07. The van der Waals surface area contributed by atoms with Gasteiger partial charge in [0.05, 0.1) is 35.8 Å². The van der Waals surface area contributed by atoms with E-state index in [1.165, 1.54) is 0 Å². The number of nitrogens with zero attached hydrogens (tertiary/aromatic N) is 4. The third-order valence-corrected chi connectivity index (χ3v) is 4.14. The number of benzene rings is 1. The Labute approximate surface area is 162 Å². The fraction of sp³-hybridized carbons (Fsp3) is 0.368. The summed E-state index contributed by atoms with van der Waals surface area (Å²) in [5.74, 6) is -0.00869. The van der Waals surface area contributed by atoms with Gasteiger partial charge in [-0.05, 0) is 37.9 Å².